The molecule has 2 fully saturated rings. The molecule has 19 rings (SSSR count). The average molecular weight is 1820 g/mol. The molecule has 0 bridgehead atoms. The SMILES string of the molecule is COc1cccc(CC(=O)c2ccc(C(=O)Nc3cccc(OC)c3)cc2)c1.Fc1ccc(NCc2ccc(CNc3ncccn3)cc2)nc1.Fc1ccccc1NCc1ccc(CNc2ncccn2)cc1.Oc1cc(CN2CCOCC2)c(O)cc1CN1CCOCC1.c1ccc(C2=C(c3ccccc3)N=C(c3ccc(-c4nc(-c5ccccc5)c(-c5ccccc5)[nH]4)cc3)C2)cc1. The van der Waals surface area contributed by atoms with Gasteiger partial charge in [0.2, 0.25) is 11.9 Å². The van der Waals surface area contributed by atoms with Crippen LogP contribution in [0.4, 0.5) is 37.9 Å². The van der Waals surface area contributed by atoms with Crippen molar-refractivity contribution < 1.29 is 47.5 Å². The highest BCUT2D eigenvalue weighted by atomic mass is 19.1. The van der Waals surface area contributed by atoms with Gasteiger partial charge in [-0.15, -0.1) is 0 Å². The first kappa shape index (κ1) is 94.5. The number of methoxy groups -OCH3 is 2. The van der Waals surface area contributed by atoms with Gasteiger partial charge in [-0.1, -0.05) is 237 Å². The number of hydrogen-bond acceptors (Lipinski definition) is 21. The number of aromatic hydroxyl groups is 2. The van der Waals surface area contributed by atoms with Crippen molar-refractivity contribution in [2.75, 3.05) is 93.4 Å². The Balaban J connectivity index is 0.000000132. The van der Waals surface area contributed by atoms with Crippen molar-refractivity contribution in [2.24, 2.45) is 4.99 Å². The van der Waals surface area contributed by atoms with Gasteiger partial charge in [0, 0.05) is 159 Å². The number of benzene rings is 12. The van der Waals surface area contributed by atoms with Crippen LogP contribution in [0.1, 0.15) is 82.8 Å². The van der Waals surface area contributed by atoms with Crippen molar-refractivity contribution in [3.05, 3.63) is 437 Å². The Morgan fingerprint density at radius 2 is 0.912 bits per heavy atom. The standard InChI is InChI=1S/C37H27N3.C23H21NO4.C18H17FN4.C17H16FN5.C16H24N2O4/c1-5-13-26(14-6-1)32-25-33(38-34(32)28-15-7-2-8-16-28)27-21-23-31(24-22-27)37-39-35(29-17-9-3-10-18-29)36(40-37)30-19-11-4-12-20-30;1-27-20-7-3-5-16(13-20)14-22(25)17-9-11-18(12-10-17)23(26)24-19-6-4-8-21(15-19)28-2;19-16-4-1-2-5-17(16)22-12-14-6-8-15(9-7-14)13-23-18-20-10-3-11-21-18;18-15-6-7-16(22-12-15)21-10-13-2-4-14(5-3-13)11-23-17-19-8-1-9-20-17;19-15-10-14(12-18-3-7-22-8-4-18)16(20)9-13(15)11-17-1-5-21-6-2-17/h1-24H,25H2,(H,39,40);3-13,15H,14H2,1-2H3,(H,24,26);1-11,22H,12-13H2,(H,20,21,23);1-9,12H,10-11H2,(H,21,22)(H,19,20,23);9-10,19-20H,1-8,11-12H2. The molecule has 16 aromatic rings. The van der Waals surface area contributed by atoms with Crippen LogP contribution in [0, 0.1) is 11.6 Å². The summed E-state index contributed by atoms with van der Waals surface area (Å²) in [5.41, 5.74) is 21.2. The molecule has 4 aromatic heterocycles. The summed E-state index contributed by atoms with van der Waals surface area (Å²) in [4.78, 5) is 63.6. The van der Waals surface area contributed by atoms with Crippen LogP contribution in [-0.4, -0.2) is 139 Å². The van der Waals surface area contributed by atoms with E-state index in [0.717, 1.165) is 160 Å². The third-order valence-electron chi connectivity index (χ3n) is 22.6. The molecular formula is C111H105F2N15O8. The molecule has 1 amide bonds. The van der Waals surface area contributed by atoms with Crippen molar-refractivity contribution in [1.82, 2.24) is 44.7 Å². The molecule has 686 valence electrons. The smallest absolute Gasteiger partial charge is 0.255 e. The first-order valence-corrected chi connectivity index (χ1v) is 44.8. The Bertz CT molecular complexity index is 6370. The number of hydrogen-bond donors (Lipinski definition) is 8. The zero-order valence-electron chi connectivity index (χ0n) is 75.5. The summed E-state index contributed by atoms with van der Waals surface area (Å²) >= 11 is 0. The van der Waals surface area contributed by atoms with Crippen LogP contribution in [0.3, 0.4) is 0 Å². The quantitative estimate of drug-likeness (QED) is 0.0160. The number of nitrogens with zero attached hydrogens (tertiary/aromatic N) is 9. The fourth-order valence-corrected chi connectivity index (χ4v) is 15.2. The van der Waals surface area contributed by atoms with E-state index in [0.29, 0.717) is 85.2 Å². The minimum absolute atomic E-state index is 0.0204. The van der Waals surface area contributed by atoms with E-state index in [1.54, 1.807) is 130 Å². The topological polar surface area (TPSA) is 284 Å². The number of phenols is 2. The second-order valence-corrected chi connectivity index (χ2v) is 32.0. The summed E-state index contributed by atoms with van der Waals surface area (Å²) in [5, 5.41) is 35.9. The summed E-state index contributed by atoms with van der Waals surface area (Å²) in [6.07, 6.45) is 9.07. The van der Waals surface area contributed by atoms with E-state index in [4.69, 9.17) is 28.9 Å². The van der Waals surface area contributed by atoms with Crippen LogP contribution >= 0.6 is 0 Å². The number of H-pyrrole nitrogens is 1. The summed E-state index contributed by atoms with van der Waals surface area (Å²) in [6.45, 7) is 10.1. The lowest BCUT2D eigenvalue weighted by atomic mass is 9.96. The number of ether oxygens (including phenoxy) is 4. The number of carbonyl (C=O) groups is 2. The number of rotatable bonds is 29. The van der Waals surface area contributed by atoms with E-state index in [-0.39, 0.29) is 41.2 Å². The lowest BCUT2D eigenvalue weighted by molar-refractivity contribution is 0.0332. The van der Waals surface area contributed by atoms with Gasteiger partial charge in [0.1, 0.15) is 46.3 Å². The van der Waals surface area contributed by atoms with E-state index in [2.05, 4.69) is 194 Å². The Hall–Kier alpha value is -16.2. The lowest BCUT2D eigenvalue weighted by Crippen LogP contribution is -2.36. The van der Waals surface area contributed by atoms with Gasteiger partial charge in [-0.25, -0.2) is 38.7 Å². The van der Waals surface area contributed by atoms with Crippen LogP contribution in [0.5, 0.6) is 23.0 Å². The summed E-state index contributed by atoms with van der Waals surface area (Å²) < 4.78 is 47.3. The first-order chi connectivity index (χ1) is 66.7. The molecule has 7 heterocycles. The number of pyridine rings is 1. The normalized spacial score (nSPS) is 12.8. The number of imidazole rings is 1. The predicted molar refractivity (Wildman–Crippen MR) is 533 cm³/mol. The zero-order chi connectivity index (χ0) is 93.8. The van der Waals surface area contributed by atoms with Crippen molar-refractivity contribution in [1.29, 1.82) is 0 Å². The third-order valence-corrected chi connectivity index (χ3v) is 22.6. The highest BCUT2D eigenvalue weighted by Gasteiger charge is 2.25. The van der Waals surface area contributed by atoms with Gasteiger partial charge in [0.25, 0.3) is 5.91 Å². The van der Waals surface area contributed by atoms with E-state index < -0.39 is 0 Å². The average Bonchev–Trinajstić information content (AvgIpc) is 1.64. The molecule has 3 aliphatic heterocycles. The molecule has 0 unspecified atom stereocenters. The number of phenolic OH excluding ortho intramolecular Hbond substituents is 2. The number of para-hydroxylation sites is 1. The maximum Gasteiger partial charge on any atom is 0.255 e. The summed E-state index contributed by atoms with van der Waals surface area (Å²) in [6, 6.07) is 105. The van der Waals surface area contributed by atoms with Gasteiger partial charge >= 0.3 is 0 Å². The molecule has 25 heteroatoms. The number of allylic oxidation sites excluding steroid dienone is 1. The summed E-state index contributed by atoms with van der Waals surface area (Å²) in [7, 11) is 3.17. The van der Waals surface area contributed by atoms with Crippen LogP contribution in [-0.2, 0) is 55.2 Å². The van der Waals surface area contributed by atoms with Gasteiger partial charge in [-0.05, 0) is 129 Å². The molecule has 23 nitrogen and oxygen atoms in total. The van der Waals surface area contributed by atoms with Crippen LogP contribution in [0.15, 0.2) is 364 Å². The summed E-state index contributed by atoms with van der Waals surface area (Å²) in [5.74, 6) is 3.77. The maximum absolute atomic E-state index is 13.5. The molecular weight excluding hydrogens is 1710 g/mol. The Labute approximate surface area is 789 Å². The van der Waals surface area contributed by atoms with Crippen LogP contribution in [0.25, 0.3) is 45.2 Å². The van der Waals surface area contributed by atoms with E-state index in [1.807, 2.05) is 97.1 Å². The Morgan fingerprint density at radius 1 is 0.434 bits per heavy atom. The third kappa shape index (κ3) is 27.7. The van der Waals surface area contributed by atoms with Crippen LogP contribution < -0.4 is 36.1 Å². The minimum atomic E-state index is -0.338. The maximum atomic E-state index is 13.5. The molecule has 0 aliphatic carbocycles. The second-order valence-electron chi connectivity index (χ2n) is 32.0. The lowest BCUT2D eigenvalue weighted by Gasteiger charge is -2.28. The van der Waals surface area contributed by atoms with E-state index in [9.17, 15) is 28.6 Å². The van der Waals surface area contributed by atoms with Gasteiger partial charge in [0.05, 0.1) is 75.3 Å². The number of ketones is 1. The number of halogens is 2. The number of anilines is 5. The fraction of sp³-hybridized carbons (Fsp3) is 0.162. The van der Waals surface area contributed by atoms with Crippen molar-refractivity contribution in [3.63, 3.8) is 0 Å². The fourth-order valence-electron chi connectivity index (χ4n) is 15.2. The molecule has 0 radical (unpaired) electrons. The highest BCUT2D eigenvalue weighted by molar-refractivity contribution is 6.17. The number of aromatic nitrogens is 7. The number of carbonyl (C=O) groups excluding carboxylic acids is 2. The molecule has 0 atom stereocenters. The highest BCUT2D eigenvalue weighted by Crippen LogP contribution is 2.39. The molecule has 3 aliphatic rings. The van der Waals surface area contributed by atoms with Crippen LogP contribution in [0.2, 0.25) is 0 Å². The number of amides is 1. The Kier molecular flexibility index (Phi) is 33.9. The zero-order valence-corrected chi connectivity index (χ0v) is 75.5. The van der Waals surface area contributed by atoms with Crippen molar-refractivity contribution in [2.45, 2.75) is 52.1 Å². The van der Waals surface area contributed by atoms with E-state index >= 15 is 0 Å². The number of aromatic amines is 1. The molecule has 2 saturated heterocycles. The Morgan fingerprint density at radius 3 is 1.44 bits per heavy atom. The first-order valence-electron chi connectivity index (χ1n) is 44.8. The number of aliphatic imine (C=N–C) groups is 1. The van der Waals surface area contributed by atoms with Gasteiger partial charge in [-0.2, -0.15) is 0 Å². The van der Waals surface area contributed by atoms with Gasteiger partial charge < -0.3 is 60.7 Å². The largest absolute Gasteiger partial charge is 0.508 e. The second kappa shape index (κ2) is 48.8. The minimum Gasteiger partial charge on any atom is -0.508 e. The molecule has 0 saturated carbocycles. The van der Waals surface area contributed by atoms with Crippen molar-refractivity contribution in [3.8, 4) is 56.9 Å². The number of morpholine rings is 2. The van der Waals surface area contributed by atoms with E-state index in [1.165, 1.54) is 29.5 Å². The molecule has 136 heavy (non-hydrogen) atoms. The molecule has 0 spiro atoms. The molecule has 8 N–H and O–H groups in total. The van der Waals surface area contributed by atoms with Gasteiger partial charge in [-0.3, -0.25) is 24.4 Å². The number of Topliss-reactive ketones (excluding diaryl/α,β-unsaturated/α-hetero) is 1. The monoisotopic (exact) mass is 1810 g/mol. The number of nitrogens with one attached hydrogen (secondary N) is 6. The predicted octanol–water partition coefficient (Wildman–Crippen LogP) is 21.4. The molecule has 12 aromatic carbocycles. The van der Waals surface area contributed by atoms with Crippen molar-refractivity contribution >= 4 is 57.8 Å². The van der Waals surface area contributed by atoms with Gasteiger partial charge in [0.15, 0.2) is 5.78 Å².